The van der Waals surface area contributed by atoms with Gasteiger partial charge in [0.2, 0.25) is 0 Å². The van der Waals surface area contributed by atoms with Gasteiger partial charge in [-0.1, -0.05) is 35.9 Å². The van der Waals surface area contributed by atoms with E-state index in [1.807, 2.05) is 73.3 Å². The van der Waals surface area contributed by atoms with Gasteiger partial charge in [0, 0.05) is 16.8 Å². The van der Waals surface area contributed by atoms with E-state index in [1.54, 1.807) is 10.9 Å². The number of anilines is 1. The molecule has 2 aromatic carbocycles. The molecular formula is C23H21BrClN5O. The molecular weight excluding hydrogens is 478 g/mol. The molecule has 1 amide bonds. The number of hydrogen-bond donors (Lipinski definition) is 1. The van der Waals surface area contributed by atoms with Crippen molar-refractivity contribution in [3.05, 3.63) is 98.5 Å². The first-order valence-corrected chi connectivity index (χ1v) is 10.9. The topological polar surface area (TPSA) is 64.7 Å². The fraction of sp³-hybridized carbons (Fsp3) is 0.174. The molecule has 0 aliphatic carbocycles. The molecule has 0 radical (unpaired) electrons. The van der Waals surface area contributed by atoms with E-state index in [9.17, 15) is 4.79 Å². The number of carbonyl (C=O) groups excluding carboxylic acids is 1. The number of aromatic nitrogens is 4. The number of amides is 1. The summed E-state index contributed by atoms with van der Waals surface area (Å²) in [6.45, 7) is 5.25. The molecule has 0 bridgehead atoms. The number of aryl methyl sites for hydroxylation is 1. The number of carbonyl (C=O) groups is 1. The first-order valence-electron chi connectivity index (χ1n) is 9.76. The van der Waals surface area contributed by atoms with Gasteiger partial charge in [-0.2, -0.15) is 10.2 Å². The van der Waals surface area contributed by atoms with E-state index in [0.29, 0.717) is 29.4 Å². The Morgan fingerprint density at radius 3 is 2.32 bits per heavy atom. The standard InChI is InChI=1S/C23H21BrClN5O/c1-15-22(24)16(2)30(28-15)13-18-3-7-19(8-4-18)23(31)27-21-11-26-29(14-21)12-17-5-9-20(25)10-6-17/h3-11,14H,12-13H2,1-2H3,(H,27,31). The summed E-state index contributed by atoms with van der Waals surface area (Å²) < 4.78 is 4.75. The first kappa shape index (κ1) is 21.3. The third-order valence-corrected chi connectivity index (χ3v) is 6.39. The number of rotatable bonds is 6. The average Bonchev–Trinajstić information content (AvgIpc) is 3.29. The molecule has 0 saturated carbocycles. The monoisotopic (exact) mass is 497 g/mol. The Bertz CT molecular complexity index is 1210. The quantitative estimate of drug-likeness (QED) is 0.384. The molecule has 2 heterocycles. The van der Waals surface area contributed by atoms with Crippen molar-refractivity contribution in [2.45, 2.75) is 26.9 Å². The van der Waals surface area contributed by atoms with Gasteiger partial charge in [-0.05, 0) is 65.2 Å². The van der Waals surface area contributed by atoms with E-state index in [2.05, 4.69) is 31.4 Å². The predicted molar refractivity (Wildman–Crippen MR) is 126 cm³/mol. The molecule has 158 valence electrons. The normalized spacial score (nSPS) is 11.0. The molecule has 0 aliphatic rings. The summed E-state index contributed by atoms with van der Waals surface area (Å²) in [6.07, 6.45) is 3.45. The van der Waals surface area contributed by atoms with Crippen LogP contribution in [-0.4, -0.2) is 25.5 Å². The van der Waals surface area contributed by atoms with Gasteiger partial charge in [-0.15, -0.1) is 0 Å². The number of benzene rings is 2. The fourth-order valence-electron chi connectivity index (χ4n) is 3.26. The highest BCUT2D eigenvalue weighted by Gasteiger charge is 2.11. The highest BCUT2D eigenvalue weighted by atomic mass is 79.9. The lowest BCUT2D eigenvalue weighted by Gasteiger charge is -2.07. The third-order valence-electron chi connectivity index (χ3n) is 4.99. The maximum absolute atomic E-state index is 12.6. The fourth-order valence-corrected chi connectivity index (χ4v) is 3.67. The zero-order valence-electron chi connectivity index (χ0n) is 17.1. The highest BCUT2D eigenvalue weighted by Crippen LogP contribution is 2.21. The van der Waals surface area contributed by atoms with Gasteiger partial charge in [-0.3, -0.25) is 14.2 Å². The zero-order valence-corrected chi connectivity index (χ0v) is 19.5. The predicted octanol–water partition coefficient (Wildman–Crippen LogP) is 5.46. The Morgan fingerprint density at radius 1 is 1.03 bits per heavy atom. The molecule has 0 aliphatic heterocycles. The molecule has 8 heteroatoms. The van der Waals surface area contributed by atoms with E-state index in [1.165, 1.54) is 0 Å². The molecule has 0 saturated heterocycles. The van der Waals surface area contributed by atoms with Crippen LogP contribution >= 0.6 is 27.5 Å². The lowest BCUT2D eigenvalue weighted by atomic mass is 10.1. The summed E-state index contributed by atoms with van der Waals surface area (Å²) in [6, 6.07) is 15.1. The number of halogens is 2. The Balaban J connectivity index is 1.38. The second-order valence-corrected chi connectivity index (χ2v) is 8.58. The molecule has 0 spiro atoms. The van der Waals surface area contributed by atoms with Gasteiger partial charge in [0.1, 0.15) is 0 Å². The maximum atomic E-state index is 12.6. The van der Waals surface area contributed by atoms with E-state index in [4.69, 9.17) is 11.6 Å². The Kier molecular flexibility index (Phi) is 6.25. The van der Waals surface area contributed by atoms with Crippen LogP contribution in [0.15, 0.2) is 65.4 Å². The van der Waals surface area contributed by atoms with Crippen molar-refractivity contribution in [3.63, 3.8) is 0 Å². The van der Waals surface area contributed by atoms with E-state index in [0.717, 1.165) is 27.0 Å². The van der Waals surface area contributed by atoms with Gasteiger partial charge in [0.25, 0.3) is 5.91 Å². The van der Waals surface area contributed by atoms with E-state index < -0.39 is 0 Å². The SMILES string of the molecule is Cc1nn(Cc2ccc(C(=O)Nc3cnn(Cc4ccc(Cl)cc4)c3)cc2)c(C)c1Br. The summed E-state index contributed by atoms with van der Waals surface area (Å²) in [7, 11) is 0. The van der Waals surface area contributed by atoms with Gasteiger partial charge < -0.3 is 5.32 Å². The molecule has 1 N–H and O–H groups in total. The second-order valence-electron chi connectivity index (χ2n) is 7.35. The van der Waals surface area contributed by atoms with Crippen LogP contribution in [0.3, 0.4) is 0 Å². The molecule has 4 aromatic rings. The minimum atomic E-state index is -0.175. The minimum Gasteiger partial charge on any atom is -0.319 e. The average molecular weight is 499 g/mol. The number of nitrogens with one attached hydrogen (secondary N) is 1. The largest absolute Gasteiger partial charge is 0.319 e. The van der Waals surface area contributed by atoms with Gasteiger partial charge in [0.05, 0.1) is 40.8 Å². The van der Waals surface area contributed by atoms with E-state index >= 15 is 0 Å². The first-order chi connectivity index (χ1) is 14.9. The Hall–Kier alpha value is -2.90. The molecule has 0 atom stereocenters. The van der Waals surface area contributed by atoms with Crippen molar-refractivity contribution in [1.82, 2.24) is 19.6 Å². The minimum absolute atomic E-state index is 0.175. The van der Waals surface area contributed by atoms with Gasteiger partial charge in [0.15, 0.2) is 0 Å². The molecule has 6 nitrogen and oxygen atoms in total. The summed E-state index contributed by atoms with van der Waals surface area (Å²) in [5.41, 5.74) is 5.43. The number of hydrogen-bond acceptors (Lipinski definition) is 3. The van der Waals surface area contributed by atoms with Crippen LogP contribution in [0.25, 0.3) is 0 Å². The van der Waals surface area contributed by atoms with Crippen molar-refractivity contribution in [3.8, 4) is 0 Å². The lowest BCUT2D eigenvalue weighted by molar-refractivity contribution is 0.102. The summed E-state index contributed by atoms with van der Waals surface area (Å²) in [4.78, 5) is 12.6. The van der Waals surface area contributed by atoms with Crippen molar-refractivity contribution >= 4 is 39.1 Å². The van der Waals surface area contributed by atoms with Crippen LogP contribution in [0, 0.1) is 13.8 Å². The van der Waals surface area contributed by atoms with Crippen LogP contribution in [0.4, 0.5) is 5.69 Å². The molecule has 2 aromatic heterocycles. The van der Waals surface area contributed by atoms with Crippen molar-refractivity contribution < 1.29 is 4.79 Å². The molecule has 4 rings (SSSR count). The van der Waals surface area contributed by atoms with Gasteiger partial charge in [-0.25, -0.2) is 0 Å². The molecule has 0 unspecified atom stereocenters. The third kappa shape index (κ3) is 5.06. The lowest BCUT2D eigenvalue weighted by Crippen LogP contribution is -2.12. The maximum Gasteiger partial charge on any atom is 0.255 e. The Morgan fingerprint density at radius 2 is 1.68 bits per heavy atom. The van der Waals surface area contributed by atoms with Crippen molar-refractivity contribution in [2.75, 3.05) is 5.32 Å². The Labute approximate surface area is 194 Å². The molecule has 31 heavy (non-hydrogen) atoms. The van der Waals surface area contributed by atoms with E-state index in [-0.39, 0.29) is 5.91 Å². The highest BCUT2D eigenvalue weighted by molar-refractivity contribution is 9.10. The van der Waals surface area contributed by atoms with Gasteiger partial charge >= 0.3 is 0 Å². The summed E-state index contributed by atoms with van der Waals surface area (Å²) >= 11 is 9.47. The zero-order chi connectivity index (χ0) is 22.0. The number of nitrogens with zero attached hydrogens (tertiary/aromatic N) is 4. The van der Waals surface area contributed by atoms with Crippen LogP contribution < -0.4 is 5.32 Å². The van der Waals surface area contributed by atoms with Crippen molar-refractivity contribution in [2.24, 2.45) is 0 Å². The smallest absolute Gasteiger partial charge is 0.255 e. The van der Waals surface area contributed by atoms with Crippen LogP contribution in [-0.2, 0) is 13.1 Å². The summed E-state index contributed by atoms with van der Waals surface area (Å²) in [5.74, 6) is -0.175. The van der Waals surface area contributed by atoms with Crippen LogP contribution in [0.5, 0.6) is 0 Å². The van der Waals surface area contributed by atoms with Crippen LogP contribution in [0.1, 0.15) is 32.9 Å². The van der Waals surface area contributed by atoms with Crippen LogP contribution in [0.2, 0.25) is 5.02 Å². The molecule has 0 fully saturated rings. The second kappa shape index (κ2) is 9.08. The summed E-state index contributed by atoms with van der Waals surface area (Å²) in [5, 5.41) is 12.4. The van der Waals surface area contributed by atoms with Crippen molar-refractivity contribution in [1.29, 1.82) is 0 Å².